The van der Waals surface area contributed by atoms with E-state index in [0.29, 0.717) is 22.3 Å². The largest absolute Gasteiger partial charge is 0.508 e. The van der Waals surface area contributed by atoms with E-state index >= 15 is 0 Å². The third-order valence-electron chi connectivity index (χ3n) is 8.37. The number of carbonyl (C=O) groups excluding carboxylic acids is 3. The number of phenols is 2. The predicted octanol–water partition coefficient (Wildman–Crippen LogP) is 2.72. The summed E-state index contributed by atoms with van der Waals surface area (Å²) in [5, 5.41) is 38.3. The molecule has 5 aromatic rings. The molecule has 0 aliphatic carbocycles. The minimum Gasteiger partial charge on any atom is -0.508 e. The Labute approximate surface area is 288 Å². The number of carbonyl (C=O) groups is 4. The predicted molar refractivity (Wildman–Crippen MR) is 187 cm³/mol. The van der Waals surface area contributed by atoms with Crippen LogP contribution in [-0.4, -0.2) is 68.2 Å². The first-order valence-corrected chi connectivity index (χ1v) is 16.1. The number of rotatable bonds is 15. The first-order valence-electron chi connectivity index (χ1n) is 16.1. The van der Waals surface area contributed by atoms with Crippen LogP contribution >= 0.6 is 0 Å². The summed E-state index contributed by atoms with van der Waals surface area (Å²) in [4.78, 5) is 56.5. The van der Waals surface area contributed by atoms with Gasteiger partial charge in [-0.3, -0.25) is 14.4 Å². The van der Waals surface area contributed by atoms with Gasteiger partial charge in [0.2, 0.25) is 17.7 Å². The first kappa shape index (κ1) is 35.2. The molecule has 258 valence electrons. The summed E-state index contributed by atoms with van der Waals surface area (Å²) < 4.78 is 0. The number of hydrogen-bond acceptors (Lipinski definition) is 7. The molecule has 12 nitrogen and oxygen atoms in total. The number of hydrogen-bond donors (Lipinski definition) is 8. The summed E-state index contributed by atoms with van der Waals surface area (Å²) >= 11 is 0. The van der Waals surface area contributed by atoms with Gasteiger partial charge in [0.05, 0.1) is 6.04 Å². The van der Waals surface area contributed by atoms with Crippen LogP contribution in [0.25, 0.3) is 10.9 Å². The average molecular weight is 678 g/mol. The fraction of sp³-hybridized carbons (Fsp3) is 0.211. The minimum atomic E-state index is -1.30. The molecule has 4 unspecified atom stereocenters. The number of benzene rings is 4. The van der Waals surface area contributed by atoms with E-state index in [1.165, 1.54) is 24.3 Å². The van der Waals surface area contributed by atoms with Crippen molar-refractivity contribution in [1.29, 1.82) is 0 Å². The Morgan fingerprint density at radius 1 is 0.580 bits per heavy atom. The van der Waals surface area contributed by atoms with E-state index in [0.717, 1.165) is 10.9 Å². The topological polar surface area (TPSA) is 207 Å². The number of aliphatic carboxylic acids is 1. The number of aromatic hydroxyl groups is 2. The van der Waals surface area contributed by atoms with Crippen LogP contribution < -0.4 is 21.7 Å². The summed E-state index contributed by atoms with van der Waals surface area (Å²) in [6, 6.07) is 24.0. The van der Waals surface area contributed by atoms with Crippen molar-refractivity contribution >= 4 is 34.6 Å². The molecule has 50 heavy (non-hydrogen) atoms. The van der Waals surface area contributed by atoms with Gasteiger partial charge in [-0.2, -0.15) is 0 Å². The molecule has 12 heteroatoms. The van der Waals surface area contributed by atoms with Gasteiger partial charge in [-0.25, -0.2) is 4.79 Å². The van der Waals surface area contributed by atoms with Crippen LogP contribution in [0.1, 0.15) is 22.3 Å². The van der Waals surface area contributed by atoms with Crippen LogP contribution in [0, 0.1) is 0 Å². The highest BCUT2D eigenvalue weighted by atomic mass is 16.4. The lowest BCUT2D eigenvalue weighted by atomic mass is 10.0. The van der Waals surface area contributed by atoms with Crippen molar-refractivity contribution in [2.75, 3.05) is 0 Å². The smallest absolute Gasteiger partial charge is 0.326 e. The number of phenolic OH excluding ortho intramolecular Hbond substituents is 2. The number of para-hydroxylation sites is 1. The van der Waals surface area contributed by atoms with Gasteiger partial charge < -0.3 is 42.0 Å². The molecule has 0 saturated heterocycles. The lowest BCUT2D eigenvalue weighted by Gasteiger charge is -2.25. The minimum absolute atomic E-state index is 0.00176. The Hall–Kier alpha value is -6.14. The molecule has 0 saturated carbocycles. The molecule has 4 aromatic carbocycles. The molecular formula is C38H39N5O7. The molecule has 5 rings (SSSR count). The zero-order valence-corrected chi connectivity index (χ0v) is 27.1. The number of aromatic nitrogens is 1. The molecular weight excluding hydrogens is 638 g/mol. The van der Waals surface area contributed by atoms with E-state index in [4.69, 9.17) is 5.73 Å². The van der Waals surface area contributed by atoms with Crippen molar-refractivity contribution < 1.29 is 34.5 Å². The number of carboxylic acid groups (broad SMARTS) is 1. The highest BCUT2D eigenvalue weighted by Crippen LogP contribution is 2.20. The number of aromatic amines is 1. The second-order valence-electron chi connectivity index (χ2n) is 12.1. The molecule has 1 aromatic heterocycles. The average Bonchev–Trinajstić information content (AvgIpc) is 3.52. The molecule has 0 radical (unpaired) electrons. The molecule has 0 bridgehead atoms. The van der Waals surface area contributed by atoms with E-state index in [1.807, 2.05) is 30.3 Å². The highest BCUT2D eigenvalue weighted by molar-refractivity contribution is 5.94. The van der Waals surface area contributed by atoms with Crippen LogP contribution in [-0.2, 0) is 44.9 Å². The first-order chi connectivity index (χ1) is 24.0. The lowest BCUT2D eigenvalue weighted by Crippen LogP contribution is -2.58. The molecule has 1 heterocycles. The zero-order valence-electron chi connectivity index (χ0n) is 27.1. The van der Waals surface area contributed by atoms with E-state index < -0.39 is 47.9 Å². The standard InChI is InChI=1S/C38H39N5O7/c39-30(18-24-10-14-27(44)15-11-24)35(46)41-32(20-25-12-16-28(45)17-13-25)36(47)42-33(19-23-6-2-1-3-7-23)37(48)43-34(38(49)50)21-26-22-40-31-9-5-4-8-29(26)31/h1-17,22,30,32-34,40,44-45H,18-21,39H2,(H,41,46)(H,42,47)(H,43,48)(H,49,50). The second kappa shape index (κ2) is 16.3. The third-order valence-corrected chi connectivity index (χ3v) is 8.37. The van der Waals surface area contributed by atoms with Crippen molar-refractivity contribution in [1.82, 2.24) is 20.9 Å². The summed E-state index contributed by atoms with van der Waals surface area (Å²) in [5.74, 6) is -3.18. The Bertz CT molecular complexity index is 1930. The third kappa shape index (κ3) is 9.48. The molecule has 3 amide bonds. The van der Waals surface area contributed by atoms with Crippen molar-refractivity contribution in [3.8, 4) is 11.5 Å². The SMILES string of the molecule is NC(Cc1ccc(O)cc1)C(=O)NC(Cc1ccc(O)cc1)C(=O)NC(Cc1ccccc1)C(=O)NC(Cc1c[nH]c2ccccc12)C(=O)O. The normalized spacial score (nSPS) is 13.5. The number of nitrogens with one attached hydrogen (secondary N) is 4. The molecule has 0 aliphatic heterocycles. The Morgan fingerprint density at radius 2 is 1.06 bits per heavy atom. The summed E-state index contributed by atoms with van der Waals surface area (Å²) in [5.41, 5.74) is 9.78. The van der Waals surface area contributed by atoms with Crippen molar-refractivity contribution in [3.05, 3.63) is 132 Å². The van der Waals surface area contributed by atoms with Gasteiger partial charge in [-0.1, -0.05) is 72.8 Å². The van der Waals surface area contributed by atoms with Gasteiger partial charge >= 0.3 is 5.97 Å². The fourth-order valence-electron chi connectivity index (χ4n) is 5.66. The van der Waals surface area contributed by atoms with Gasteiger partial charge in [0.1, 0.15) is 29.6 Å². The Morgan fingerprint density at radius 3 is 1.64 bits per heavy atom. The summed E-state index contributed by atoms with van der Waals surface area (Å²) in [7, 11) is 0. The lowest BCUT2D eigenvalue weighted by molar-refractivity contribution is -0.142. The number of fused-ring (bicyclic) bond motifs is 1. The summed E-state index contributed by atoms with van der Waals surface area (Å²) in [6.45, 7) is 0. The van der Waals surface area contributed by atoms with E-state index in [9.17, 15) is 34.5 Å². The molecule has 9 N–H and O–H groups in total. The molecule has 0 fully saturated rings. The maximum atomic E-state index is 14.0. The van der Waals surface area contributed by atoms with Crippen LogP contribution in [0.3, 0.4) is 0 Å². The number of amides is 3. The zero-order chi connectivity index (χ0) is 35.6. The Kier molecular flexibility index (Phi) is 11.5. The maximum Gasteiger partial charge on any atom is 0.326 e. The van der Waals surface area contributed by atoms with E-state index in [1.54, 1.807) is 54.7 Å². The van der Waals surface area contributed by atoms with E-state index in [2.05, 4.69) is 20.9 Å². The molecule has 0 aliphatic rings. The number of nitrogens with two attached hydrogens (primary N) is 1. The van der Waals surface area contributed by atoms with Crippen LogP contribution in [0.4, 0.5) is 0 Å². The summed E-state index contributed by atoms with van der Waals surface area (Å²) in [6.07, 6.45) is 1.88. The molecule has 0 spiro atoms. The van der Waals surface area contributed by atoms with Crippen LogP contribution in [0.15, 0.2) is 109 Å². The Balaban J connectivity index is 1.36. The van der Waals surface area contributed by atoms with Gasteiger partial charge in [-0.05, 0) is 59.0 Å². The quantitative estimate of drug-likeness (QED) is 0.0825. The van der Waals surface area contributed by atoms with E-state index in [-0.39, 0.29) is 37.2 Å². The molecule has 4 atom stereocenters. The van der Waals surface area contributed by atoms with Crippen molar-refractivity contribution in [2.24, 2.45) is 5.73 Å². The van der Waals surface area contributed by atoms with Gasteiger partial charge in [0.25, 0.3) is 0 Å². The van der Waals surface area contributed by atoms with Crippen LogP contribution in [0.5, 0.6) is 11.5 Å². The maximum absolute atomic E-state index is 14.0. The monoisotopic (exact) mass is 677 g/mol. The van der Waals surface area contributed by atoms with Gasteiger partial charge in [0.15, 0.2) is 0 Å². The number of carboxylic acids is 1. The fourth-order valence-corrected chi connectivity index (χ4v) is 5.66. The van der Waals surface area contributed by atoms with Gasteiger partial charge in [0, 0.05) is 36.4 Å². The van der Waals surface area contributed by atoms with Crippen molar-refractivity contribution in [3.63, 3.8) is 0 Å². The number of H-pyrrole nitrogens is 1. The van der Waals surface area contributed by atoms with Crippen LogP contribution in [0.2, 0.25) is 0 Å². The highest BCUT2D eigenvalue weighted by Gasteiger charge is 2.31. The van der Waals surface area contributed by atoms with Gasteiger partial charge in [-0.15, -0.1) is 0 Å². The second-order valence-corrected chi connectivity index (χ2v) is 12.1. The van der Waals surface area contributed by atoms with Crippen molar-refractivity contribution in [2.45, 2.75) is 49.9 Å².